The average molecular weight is 318 g/mol. The Morgan fingerprint density at radius 3 is 2.83 bits per heavy atom. The molecule has 0 bridgehead atoms. The molecule has 2 aromatic rings. The van der Waals surface area contributed by atoms with Crippen LogP contribution in [0.15, 0.2) is 24.7 Å². The van der Waals surface area contributed by atoms with Gasteiger partial charge in [0.25, 0.3) is 0 Å². The molecule has 8 heteroatoms. The van der Waals surface area contributed by atoms with Crippen molar-refractivity contribution in [3.63, 3.8) is 0 Å². The van der Waals surface area contributed by atoms with Crippen molar-refractivity contribution in [2.75, 3.05) is 13.1 Å². The van der Waals surface area contributed by atoms with Crippen LogP contribution in [0.25, 0.3) is 0 Å². The largest absolute Gasteiger partial charge is 0.390 e. The van der Waals surface area contributed by atoms with E-state index < -0.39 is 0 Å². The molecule has 1 amide bonds. The molecule has 3 heterocycles. The Balaban J connectivity index is 1.52. The van der Waals surface area contributed by atoms with E-state index >= 15 is 0 Å². The van der Waals surface area contributed by atoms with Gasteiger partial charge in [0.05, 0.1) is 31.3 Å². The Bertz CT molecular complexity index is 630. The van der Waals surface area contributed by atoms with E-state index in [1.807, 2.05) is 24.1 Å². The number of aromatic nitrogens is 5. The first-order valence-electron chi connectivity index (χ1n) is 7.95. The molecule has 3 rings (SSSR count). The number of carbonyl (C=O) groups is 1. The number of aliphatic hydroxyl groups excluding tert-OH is 1. The first kappa shape index (κ1) is 15.7. The van der Waals surface area contributed by atoms with Crippen molar-refractivity contribution in [2.45, 2.75) is 39.0 Å². The third-order valence-electron chi connectivity index (χ3n) is 4.31. The minimum atomic E-state index is -0.0950. The molecule has 0 spiro atoms. The van der Waals surface area contributed by atoms with Crippen molar-refractivity contribution < 1.29 is 9.90 Å². The Morgan fingerprint density at radius 1 is 1.43 bits per heavy atom. The topological polar surface area (TPSA) is 89.1 Å². The van der Waals surface area contributed by atoms with Crippen molar-refractivity contribution >= 4 is 5.91 Å². The van der Waals surface area contributed by atoms with Gasteiger partial charge in [0.15, 0.2) is 0 Å². The molecule has 1 N–H and O–H groups in total. The van der Waals surface area contributed by atoms with Gasteiger partial charge in [0.1, 0.15) is 5.69 Å². The van der Waals surface area contributed by atoms with E-state index in [4.69, 9.17) is 5.11 Å². The second kappa shape index (κ2) is 6.91. The van der Waals surface area contributed by atoms with Crippen LogP contribution >= 0.6 is 0 Å². The molecule has 0 saturated carbocycles. The van der Waals surface area contributed by atoms with Gasteiger partial charge >= 0.3 is 0 Å². The lowest BCUT2D eigenvalue weighted by Gasteiger charge is -2.33. The van der Waals surface area contributed by atoms with E-state index in [0.717, 1.165) is 25.9 Å². The highest BCUT2D eigenvalue weighted by molar-refractivity contribution is 5.78. The van der Waals surface area contributed by atoms with Gasteiger partial charge in [-0.15, -0.1) is 5.10 Å². The predicted molar refractivity (Wildman–Crippen MR) is 82.2 cm³/mol. The summed E-state index contributed by atoms with van der Waals surface area (Å²) in [5.74, 6) is 0.0902. The van der Waals surface area contributed by atoms with Gasteiger partial charge < -0.3 is 10.0 Å². The molecular weight excluding hydrogens is 296 g/mol. The molecular formula is C15H22N6O2. The van der Waals surface area contributed by atoms with Gasteiger partial charge in [-0.25, -0.2) is 4.68 Å². The van der Waals surface area contributed by atoms with E-state index in [-0.39, 0.29) is 24.5 Å². The van der Waals surface area contributed by atoms with Crippen molar-refractivity contribution in [3.05, 3.63) is 30.4 Å². The molecule has 1 saturated heterocycles. The van der Waals surface area contributed by atoms with Crippen molar-refractivity contribution in [1.29, 1.82) is 0 Å². The van der Waals surface area contributed by atoms with E-state index in [2.05, 4.69) is 15.4 Å². The van der Waals surface area contributed by atoms with E-state index in [9.17, 15) is 4.79 Å². The SMILES string of the molecule is C[C@@H](Cn1cccn1)C(=O)N1CCC(n2cc(CO)nn2)CC1. The molecule has 2 aromatic heterocycles. The lowest BCUT2D eigenvalue weighted by molar-refractivity contribution is -0.136. The average Bonchev–Trinajstić information content (AvgIpc) is 3.25. The molecule has 124 valence electrons. The van der Waals surface area contributed by atoms with Gasteiger partial charge in [-0.3, -0.25) is 9.48 Å². The van der Waals surface area contributed by atoms with Crippen LogP contribution in [0.1, 0.15) is 31.5 Å². The zero-order valence-electron chi connectivity index (χ0n) is 13.2. The zero-order valence-corrected chi connectivity index (χ0v) is 13.2. The van der Waals surface area contributed by atoms with Crippen LogP contribution in [-0.2, 0) is 17.9 Å². The van der Waals surface area contributed by atoms with Gasteiger partial charge in [0.2, 0.25) is 5.91 Å². The van der Waals surface area contributed by atoms with Crippen LogP contribution in [-0.4, -0.2) is 53.8 Å². The van der Waals surface area contributed by atoms with Crippen molar-refractivity contribution in [3.8, 4) is 0 Å². The van der Waals surface area contributed by atoms with Crippen LogP contribution in [0.4, 0.5) is 0 Å². The first-order valence-corrected chi connectivity index (χ1v) is 7.95. The van der Waals surface area contributed by atoms with Crippen LogP contribution in [0.2, 0.25) is 0 Å². The second-order valence-corrected chi connectivity index (χ2v) is 6.03. The smallest absolute Gasteiger partial charge is 0.227 e. The molecule has 0 aliphatic carbocycles. The van der Waals surface area contributed by atoms with Crippen LogP contribution in [0, 0.1) is 5.92 Å². The number of aliphatic hydroxyl groups is 1. The zero-order chi connectivity index (χ0) is 16.2. The van der Waals surface area contributed by atoms with E-state index in [1.165, 1.54) is 0 Å². The maximum absolute atomic E-state index is 12.5. The van der Waals surface area contributed by atoms with Gasteiger partial charge in [-0.1, -0.05) is 12.1 Å². The number of piperidine rings is 1. The molecule has 0 radical (unpaired) electrons. The Kier molecular flexibility index (Phi) is 4.71. The maximum atomic E-state index is 12.5. The normalized spacial score (nSPS) is 17.4. The number of likely N-dealkylation sites (tertiary alicyclic amines) is 1. The van der Waals surface area contributed by atoms with Gasteiger partial charge in [-0.05, 0) is 18.9 Å². The highest BCUT2D eigenvalue weighted by atomic mass is 16.3. The minimum absolute atomic E-state index is 0.0844. The number of hydrogen-bond acceptors (Lipinski definition) is 5. The molecule has 0 aromatic carbocycles. The third-order valence-corrected chi connectivity index (χ3v) is 4.31. The van der Waals surface area contributed by atoms with Crippen LogP contribution < -0.4 is 0 Å². The molecule has 8 nitrogen and oxygen atoms in total. The Morgan fingerprint density at radius 2 is 2.22 bits per heavy atom. The summed E-state index contributed by atoms with van der Waals surface area (Å²) in [6.07, 6.45) is 7.09. The monoisotopic (exact) mass is 318 g/mol. The highest BCUT2D eigenvalue weighted by Gasteiger charge is 2.27. The molecule has 1 aliphatic rings. The summed E-state index contributed by atoms with van der Waals surface area (Å²) in [5.41, 5.74) is 0.580. The van der Waals surface area contributed by atoms with Crippen molar-refractivity contribution in [2.24, 2.45) is 5.92 Å². The first-order chi connectivity index (χ1) is 11.2. The number of amides is 1. The fraction of sp³-hybridized carbons (Fsp3) is 0.600. The van der Waals surface area contributed by atoms with E-state index in [1.54, 1.807) is 21.8 Å². The summed E-state index contributed by atoms with van der Waals surface area (Å²) in [4.78, 5) is 14.5. The predicted octanol–water partition coefficient (Wildman–Crippen LogP) is 0.467. The third kappa shape index (κ3) is 3.58. The maximum Gasteiger partial charge on any atom is 0.227 e. The lowest BCUT2D eigenvalue weighted by atomic mass is 10.0. The van der Waals surface area contributed by atoms with Crippen LogP contribution in [0.3, 0.4) is 0 Å². The molecule has 23 heavy (non-hydrogen) atoms. The van der Waals surface area contributed by atoms with Crippen molar-refractivity contribution in [1.82, 2.24) is 29.7 Å². The molecule has 0 unspecified atom stereocenters. The second-order valence-electron chi connectivity index (χ2n) is 6.03. The summed E-state index contributed by atoms with van der Waals surface area (Å²) in [6, 6.07) is 2.11. The summed E-state index contributed by atoms with van der Waals surface area (Å²) in [7, 11) is 0. The lowest BCUT2D eigenvalue weighted by Crippen LogP contribution is -2.42. The summed E-state index contributed by atoms with van der Waals surface area (Å²) in [6.45, 7) is 3.90. The van der Waals surface area contributed by atoms with Crippen LogP contribution in [0.5, 0.6) is 0 Å². The molecule has 1 fully saturated rings. The standard InChI is InChI=1S/C15H22N6O2/c1-12(9-20-6-2-5-16-20)15(23)19-7-3-14(4-8-19)21-10-13(11-22)17-18-21/h2,5-6,10,12,14,22H,3-4,7-9,11H2,1H3/t12-/m0/s1. The quantitative estimate of drug-likeness (QED) is 0.865. The molecule has 1 aliphatic heterocycles. The summed E-state index contributed by atoms with van der Waals surface area (Å²) in [5, 5.41) is 21.2. The van der Waals surface area contributed by atoms with Gasteiger partial charge in [-0.2, -0.15) is 5.10 Å². The Labute approximate surface area is 134 Å². The van der Waals surface area contributed by atoms with E-state index in [0.29, 0.717) is 12.2 Å². The molecule has 1 atom stereocenters. The fourth-order valence-corrected chi connectivity index (χ4v) is 2.99. The highest BCUT2D eigenvalue weighted by Crippen LogP contribution is 2.23. The number of hydrogen-bond donors (Lipinski definition) is 1. The summed E-state index contributed by atoms with van der Waals surface area (Å²) < 4.78 is 3.60. The van der Waals surface area contributed by atoms with Gasteiger partial charge in [0, 0.05) is 25.5 Å². The Hall–Kier alpha value is -2.22. The number of carbonyl (C=O) groups excluding carboxylic acids is 1. The minimum Gasteiger partial charge on any atom is -0.390 e. The fourth-order valence-electron chi connectivity index (χ4n) is 2.99. The summed E-state index contributed by atoms with van der Waals surface area (Å²) >= 11 is 0. The number of rotatable bonds is 5. The number of nitrogens with zero attached hydrogens (tertiary/aromatic N) is 6.